The Hall–Kier alpha value is -1.01. The van der Waals surface area contributed by atoms with Gasteiger partial charge in [-0.1, -0.05) is 13.5 Å². The number of rotatable bonds is 4. The summed E-state index contributed by atoms with van der Waals surface area (Å²) < 4.78 is 15.6. The third kappa shape index (κ3) is 4.87. The molecule has 0 bridgehead atoms. The van der Waals surface area contributed by atoms with Gasteiger partial charge in [0.15, 0.2) is 11.5 Å². The van der Waals surface area contributed by atoms with Crippen LogP contribution in [0.1, 0.15) is 27.7 Å². The average molecular weight is 288 g/mol. The Morgan fingerprint density at radius 1 is 1.42 bits per heavy atom. The van der Waals surface area contributed by atoms with E-state index in [1.165, 1.54) is 25.6 Å². The van der Waals surface area contributed by atoms with Crippen molar-refractivity contribution in [3.05, 3.63) is 12.2 Å². The van der Waals surface area contributed by atoms with E-state index in [0.717, 1.165) is 0 Å². The van der Waals surface area contributed by atoms with Gasteiger partial charge < -0.3 is 14.2 Å². The van der Waals surface area contributed by atoms with Crippen molar-refractivity contribution in [3.63, 3.8) is 0 Å². The van der Waals surface area contributed by atoms with E-state index in [-0.39, 0.29) is 22.4 Å². The molecule has 1 saturated heterocycles. The molecule has 0 radical (unpaired) electrons. The largest absolute Gasteiger partial charge is 0.447 e. The van der Waals surface area contributed by atoms with Gasteiger partial charge in [0.1, 0.15) is 0 Å². The molecule has 108 valence electrons. The molecule has 0 aromatic heterocycles. The van der Waals surface area contributed by atoms with Gasteiger partial charge in [0.05, 0.1) is 12.7 Å². The molecule has 1 fully saturated rings. The molecule has 1 rings (SSSR count). The molecule has 0 aromatic rings. The van der Waals surface area contributed by atoms with Gasteiger partial charge in [0.25, 0.3) is 0 Å². The van der Waals surface area contributed by atoms with Crippen molar-refractivity contribution in [1.29, 1.82) is 0 Å². The summed E-state index contributed by atoms with van der Waals surface area (Å²) in [7, 11) is 0. The molecular weight excluding hydrogens is 268 g/mol. The van der Waals surface area contributed by atoms with Gasteiger partial charge in [-0.3, -0.25) is 0 Å². The Bertz CT molecular complexity index is 368. The van der Waals surface area contributed by atoms with Gasteiger partial charge in [0.2, 0.25) is 0 Å². The number of thioether (sulfide) groups is 1. The van der Waals surface area contributed by atoms with Crippen LogP contribution in [0.2, 0.25) is 0 Å². The van der Waals surface area contributed by atoms with Crippen LogP contribution in [0.4, 0.5) is 0 Å². The van der Waals surface area contributed by atoms with Crippen LogP contribution < -0.4 is 0 Å². The molecule has 1 aliphatic heterocycles. The maximum Gasteiger partial charge on any atom is 0.348 e. The summed E-state index contributed by atoms with van der Waals surface area (Å²) in [5.74, 6) is -1.17. The number of esters is 2. The quantitative estimate of drug-likeness (QED) is 0.581. The first-order chi connectivity index (χ1) is 8.81. The van der Waals surface area contributed by atoms with Crippen LogP contribution in [0.25, 0.3) is 0 Å². The molecular formula is C13H20O5S. The molecule has 6 heteroatoms. The molecule has 1 aliphatic rings. The molecule has 4 atom stereocenters. The summed E-state index contributed by atoms with van der Waals surface area (Å²) in [5, 5.41) is 0.250. The lowest BCUT2D eigenvalue weighted by molar-refractivity contribution is -0.167. The Balaban J connectivity index is 2.42. The minimum Gasteiger partial charge on any atom is -0.447 e. The van der Waals surface area contributed by atoms with E-state index in [2.05, 4.69) is 6.58 Å². The summed E-state index contributed by atoms with van der Waals surface area (Å²) in [4.78, 5) is 23.0. The molecule has 19 heavy (non-hydrogen) atoms. The third-order valence-electron chi connectivity index (χ3n) is 2.73. The second-order valence-electron chi connectivity index (χ2n) is 4.57. The lowest BCUT2D eigenvalue weighted by Crippen LogP contribution is -2.38. The number of hydrogen-bond acceptors (Lipinski definition) is 6. The Morgan fingerprint density at radius 2 is 2.05 bits per heavy atom. The summed E-state index contributed by atoms with van der Waals surface area (Å²) in [6.45, 7) is 10.8. The molecule has 1 heterocycles. The highest BCUT2D eigenvalue weighted by atomic mass is 32.2. The fourth-order valence-electron chi connectivity index (χ4n) is 1.35. The molecule has 0 amide bonds. The van der Waals surface area contributed by atoms with E-state index in [4.69, 9.17) is 14.2 Å². The highest BCUT2D eigenvalue weighted by Crippen LogP contribution is 2.28. The lowest BCUT2D eigenvalue weighted by Gasteiger charge is -2.31. The normalized spacial score (nSPS) is 28.3. The zero-order valence-electron chi connectivity index (χ0n) is 11.7. The average Bonchev–Trinajstić information content (AvgIpc) is 2.33. The van der Waals surface area contributed by atoms with Crippen LogP contribution in [0.5, 0.6) is 0 Å². The zero-order chi connectivity index (χ0) is 14.6. The van der Waals surface area contributed by atoms with Gasteiger partial charge >= 0.3 is 11.9 Å². The summed E-state index contributed by atoms with van der Waals surface area (Å²) >= 11 is 1.54. The van der Waals surface area contributed by atoms with Crippen molar-refractivity contribution in [2.75, 3.05) is 6.61 Å². The summed E-state index contributed by atoms with van der Waals surface area (Å²) in [5.41, 5.74) is -0.109. The first kappa shape index (κ1) is 16.0. The SMILES string of the molecule is C=C(C)C(=O)OC(C)C(=O)OC1COC(C)C(C)S1. The number of carbonyl (C=O) groups excluding carboxylic acids is 2. The molecule has 0 aliphatic carbocycles. The maximum absolute atomic E-state index is 11.8. The smallest absolute Gasteiger partial charge is 0.348 e. The minimum atomic E-state index is -0.945. The van der Waals surface area contributed by atoms with E-state index in [9.17, 15) is 9.59 Å². The van der Waals surface area contributed by atoms with Gasteiger partial charge in [0, 0.05) is 10.8 Å². The highest BCUT2D eigenvalue weighted by molar-refractivity contribution is 8.00. The summed E-state index contributed by atoms with van der Waals surface area (Å²) in [6.07, 6.45) is -0.807. The van der Waals surface area contributed by atoms with E-state index >= 15 is 0 Å². The predicted molar refractivity (Wildman–Crippen MR) is 72.7 cm³/mol. The van der Waals surface area contributed by atoms with Crippen LogP contribution in [0, 0.1) is 0 Å². The van der Waals surface area contributed by atoms with Gasteiger partial charge in [-0.2, -0.15) is 0 Å². The van der Waals surface area contributed by atoms with Crippen molar-refractivity contribution in [3.8, 4) is 0 Å². The van der Waals surface area contributed by atoms with Crippen molar-refractivity contribution in [1.82, 2.24) is 0 Å². The standard InChI is InChI=1S/C13H20O5S/c1-7(2)12(14)17-9(4)13(15)18-11-6-16-8(3)10(5)19-11/h8-11H,1,6H2,2-5H3. The molecule has 0 spiro atoms. The number of ether oxygens (including phenoxy) is 3. The molecule has 5 nitrogen and oxygen atoms in total. The Morgan fingerprint density at radius 3 is 2.58 bits per heavy atom. The minimum absolute atomic E-state index is 0.138. The fraction of sp³-hybridized carbons (Fsp3) is 0.692. The molecule has 4 unspecified atom stereocenters. The fourth-order valence-corrected chi connectivity index (χ4v) is 2.44. The lowest BCUT2D eigenvalue weighted by atomic mass is 10.3. The monoisotopic (exact) mass is 288 g/mol. The second-order valence-corrected chi connectivity index (χ2v) is 6.12. The van der Waals surface area contributed by atoms with Gasteiger partial charge in [-0.15, -0.1) is 11.8 Å². The first-order valence-corrected chi connectivity index (χ1v) is 7.09. The zero-order valence-corrected chi connectivity index (χ0v) is 12.5. The highest BCUT2D eigenvalue weighted by Gasteiger charge is 2.30. The first-order valence-electron chi connectivity index (χ1n) is 6.15. The van der Waals surface area contributed by atoms with Crippen molar-refractivity contribution >= 4 is 23.7 Å². The van der Waals surface area contributed by atoms with Crippen LogP contribution in [-0.2, 0) is 23.8 Å². The van der Waals surface area contributed by atoms with E-state index in [1.54, 1.807) is 0 Å². The van der Waals surface area contributed by atoms with Crippen LogP contribution >= 0.6 is 11.8 Å². The van der Waals surface area contributed by atoms with E-state index < -0.39 is 18.0 Å². The van der Waals surface area contributed by atoms with Crippen molar-refractivity contribution in [2.24, 2.45) is 0 Å². The van der Waals surface area contributed by atoms with E-state index in [1.807, 2.05) is 13.8 Å². The van der Waals surface area contributed by atoms with Gasteiger partial charge in [-0.05, 0) is 20.8 Å². The van der Waals surface area contributed by atoms with Crippen molar-refractivity contribution < 1.29 is 23.8 Å². The van der Waals surface area contributed by atoms with Crippen molar-refractivity contribution in [2.45, 2.75) is 50.6 Å². The molecule has 0 aromatic carbocycles. The predicted octanol–water partition coefficient (Wildman–Crippen LogP) is 1.90. The maximum atomic E-state index is 11.8. The van der Waals surface area contributed by atoms with Crippen LogP contribution in [-0.4, -0.2) is 41.4 Å². The summed E-state index contributed by atoms with van der Waals surface area (Å²) in [6, 6.07) is 0. The van der Waals surface area contributed by atoms with Crippen LogP contribution in [0.3, 0.4) is 0 Å². The number of carbonyl (C=O) groups is 2. The molecule has 0 N–H and O–H groups in total. The Kier molecular flexibility index (Phi) is 5.87. The number of hydrogen-bond donors (Lipinski definition) is 0. The second kappa shape index (κ2) is 6.96. The molecule has 0 saturated carbocycles. The topological polar surface area (TPSA) is 61.8 Å². The Labute approximate surface area is 117 Å². The van der Waals surface area contributed by atoms with E-state index in [0.29, 0.717) is 6.61 Å². The van der Waals surface area contributed by atoms with Gasteiger partial charge in [-0.25, -0.2) is 9.59 Å². The van der Waals surface area contributed by atoms with Crippen LogP contribution in [0.15, 0.2) is 12.2 Å². The third-order valence-corrected chi connectivity index (χ3v) is 4.08.